The van der Waals surface area contributed by atoms with Crippen LogP contribution in [0.3, 0.4) is 0 Å². The van der Waals surface area contributed by atoms with E-state index in [0.29, 0.717) is 5.60 Å². The first kappa shape index (κ1) is 11.9. The Labute approximate surface area is 105 Å². The van der Waals surface area contributed by atoms with Crippen molar-refractivity contribution in [1.29, 1.82) is 0 Å². The third-order valence-corrected chi connectivity index (χ3v) is 4.95. The molecule has 1 spiro atoms. The molecule has 2 saturated heterocycles. The van der Waals surface area contributed by atoms with Gasteiger partial charge in [-0.05, 0) is 65.1 Å². The topological polar surface area (TPSA) is 24.5 Å². The molecule has 2 aliphatic heterocycles. The fourth-order valence-corrected chi connectivity index (χ4v) is 3.60. The van der Waals surface area contributed by atoms with Crippen LogP contribution in [0.1, 0.15) is 44.9 Å². The monoisotopic (exact) mass is 238 g/mol. The number of rotatable bonds is 2. The van der Waals surface area contributed by atoms with Gasteiger partial charge in [0.2, 0.25) is 0 Å². The molecule has 1 unspecified atom stereocenters. The van der Waals surface area contributed by atoms with Crippen LogP contribution < -0.4 is 5.32 Å². The Balaban J connectivity index is 1.48. The second-order valence-corrected chi connectivity index (χ2v) is 6.32. The summed E-state index contributed by atoms with van der Waals surface area (Å²) in [5.74, 6) is 0. The van der Waals surface area contributed by atoms with Gasteiger partial charge in [0, 0.05) is 18.7 Å². The Bertz CT molecular complexity index is 257. The summed E-state index contributed by atoms with van der Waals surface area (Å²) in [6.07, 6.45) is 9.10. The van der Waals surface area contributed by atoms with Crippen molar-refractivity contribution in [2.24, 2.45) is 0 Å². The lowest BCUT2D eigenvalue weighted by Gasteiger charge is -2.48. The largest absolute Gasteiger partial charge is 0.375 e. The highest BCUT2D eigenvalue weighted by Crippen LogP contribution is 2.42. The summed E-state index contributed by atoms with van der Waals surface area (Å²) < 4.78 is 5.99. The number of ether oxygens (including phenoxy) is 1. The average molecular weight is 238 g/mol. The molecule has 0 aromatic heterocycles. The highest BCUT2D eigenvalue weighted by atomic mass is 16.5. The third kappa shape index (κ3) is 2.67. The fourth-order valence-electron chi connectivity index (χ4n) is 3.60. The molecule has 0 radical (unpaired) electrons. The summed E-state index contributed by atoms with van der Waals surface area (Å²) in [5, 5.41) is 3.90. The molecule has 3 fully saturated rings. The maximum Gasteiger partial charge on any atom is 0.0697 e. The first-order valence-corrected chi connectivity index (χ1v) is 7.34. The Morgan fingerprint density at radius 3 is 2.53 bits per heavy atom. The van der Waals surface area contributed by atoms with Crippen LogP contribution in [0, 0.1) is 0 Å². The van der Waals surface area contributed by atoms with E-state index in [1.54, 1.807) is 0 Å². The van der Waals surface area contributed by atoms with Crippen LogP contribution in [0.4, 0.5) is 0 Å². The van der Waals surface area contributed by atoms with Crippen molar-refractivity contribution < 1.29 is 4.74 Å². The second kappa shape index (κ2) is 4.87. The number of hydrogen-bond donors (Lipinski definition) is 1. The Morgan fingerprint density at radius 1 is 1.12 bits per heavy atom. The van der Waals surface area contributed by atoms with Crippen molar-refractivity contribution in [3.63, 3.8) is 0 Å². The molecule has 3 nitrogen and oxygen atoms in total. The molecule has 1 aliphatic carbocycles. The van der Waals surface area contributed by atoms with Crippen LogP contribution in [-0.2, 0) is 4.74 Å². The summed E-state index contributed by atoms with van der Waals surface area (Å²) in [6.45, 7) is 3.49. The predicted octanol–water partition coefficient (Wildman–Crippen LogP) is 1.77. The van der Waals surface area contributed by atoms with Gasteiger partial charge in [0.1, 0.15) is 0 Å². The number of likely N-dealkylation sites (tertiary alicyclic amines) is 1. The normalized spacial score (nSPS) is 34.8. The van der Waals surface area contributed by atoms with Crippen molar-refractivity contribution in [2.75, 3.05) is 26.7 Å². The minimum atomic E-state index is 0.293. The van der Waals surface area contributed by atoms with Crippen LogP contribution in [-0.4, -0.2) is 49.3 Å². The number of hydrogen-bond acceptors (Lipinski definition) is 3. The van der Waals surface area contributed by atoms with Crippen molar-refractivity contribution in [3.8, 4) is 0 Å². The smallest absolute Gasteiger partial charge is 0.0697 e. The molecule has 1 N–H and O–H groups in total. The molecule has 0 amide bonds. The SMILES string of the molecule is CN1CCC(NC2CCOC3(CCC3)C2)CC1. The molecular weight excluding hydrogens is 212 g/mol. The summed E-state index contributed by atoms with van der Waals surface area (Å²) in [5.41, 5.74) is 0.293. The van der Waals surface area contributed by atoms with Gasteiger partial charge in [-0.1, -0.05) is 0 Å². The van der Waals surface area contributed by atoms with Crippen LogP contribution >= 0.6 is 0 Å². The van der Waals surface area contributed by atoms with Crippen LogP contribution in [0.5, 0.6) is 0 Å². The van der Waals surface area contributed by atoms with Crippen molar-refractivity contribution >= 4 is 0 Å². The minimum Gasteiger partial charge on any atom is -0.375 e. The maximum absolute atomic E-state index is 5.99. The molecule has 3 heteroatoms. The summed E-state index contributed by atoms with van der Waals surface area (Å²) in [7, 11) is 2.23. The number of nitrogens with one attached hydrogen (secondary N) is 1. The number of piperidine rings is 1. The predicted molar refractivity (Wildman–Crippen MR) is 69.2 cm³/mol. The lowest BCUT2D eigenvalue weighted by Crippen LogP contribution is -2.54. The van der Waals surface area contributed by atoms with E-state index in [0.717, 1.165) is 18.7 Å². The Kier molecular flexibility index (Phi) is 3.42. The highest BCUT2D eigenvalue weighted by Gasteiger charge is 2.42. The van der Waals surface area contributed by atoms with Gasteiger partial charge in [-0.25, -0.2) is 0 Å². The van der Waals surface area contributed by atoms with Gasteiger partial charge in [-0.3, -0.25) is 0 Å². The van der Waals surface area contributed by atoms with Crippen molar-refractivity contribution in [2.45, 2.75) is 62.6 Å². The summed E-state index contributed by atoms with van der Waals surface area (Å²) >= 11 is 0. The second-order valence-electron chi connectivity index (χ2n) is 6.32. The van der Waals surface area contributed by atoms with E-state index in [1.165, 1.54) is 58.0 Å². The van der Waals surface area contributed by atoms with Gasteiger partial charge in [-0.15, -0.1) is 0 Å². The molecule has 17 heavy (non-hydrogen) atoms. The maximum atomic E-state index is 5.99. The molecular formula is C14H26N2O. The fraction of sp³-hybridized carbons (Fsp3) is 1.00. The first-order valence-electron chi connectivity index (χ1n) is 7.34. The van der Waals surface area contributed by atoms with Gasteiger partial charge in [0.15, 0.2) is 0 Å². The van der Waals surface area contributed by atoms with E-state index in [4.69, 9.17) is 4.74 Å². The van der Waals surface area contributed by atoms with Crippen molar-refractivity contribution in [3.05, 3.63) is 0 Å². The van der Waals surface area contributed by atoms with Gasteiger partial charge in [0.05, 0.1) is 5.60 Å². The van der Waals surface area contributed by atoms with E-state index in [2.05, 4.69) is 17.3 Å². The molecule has 3 aliphatic rings. The third-order valence-electron chi connectivity index (χ3n) is 4.95. The lowest BCUT2D eigenvalue weighted by molar-refractivity contribution is -0.136. The zero-order valence-electron chi connectivity index (χ0n) is 11.1. The molecule has 1 saturated carbocycles. The molecule has 0 aromatic rings. The van der Waals surface area contributed by atoms with E-state index < -0.39 is 0 Å². The zero-order chi connectivity index (χ0) is 11.7. The molecule has 2 heterocycles. The summed E-state index contributed by atoms with van der Waals surface area (Å²) in [6, 6.07) is 1.48. The van der Waals surface area contributed by atoms with Crippen LogP contribution in [0.25, 0.3) is 0 Å². The quantitative estimate of drug-likeness (QED) is 0.793. The van der Waals surface area contributed by atoms with E-state index in [1.807, 2.05) is 0 Å². The average Bonchev–Trinajstić information content (AvgIpc) is 2.31. The Hall–Kier alpha value is -0.120. The van der Waals surface area contributed by atoms with E-state index in [9.17, 15) is 0 Å². The molecule has 0 aromatic carbocycles. The van der Waals surface area contributed by atoms with Crippen LogP contribution in [0.15, 0.2) is 0 Å². The first-order chi connectivity index (χ1) is 8.26. The van der Waals surface area contributed by atoms with E-state index in [-0.39, 0.29) is 0 Å². The minimum absolute atomic E-state index is 0.293. The highest BCUT2D eigenvalue weighted by molar-refractivity contribution is 4.97. The van der Waals surface area contributed by atoms with E-state index >= 15 is 0 Å². The molecule has 98 valence electrons. The molecule has 0 bridgehead atoms. The summed E-state index contributed by atoms with van der Waals surface area (Å²) in [4.78, 5) is 2.44. The lowest BCUT2D eigenvalue weighted by atomic mass is 9.73. The van der Waals surface area contributed by atoms with Gasteiger partial charge < -0.3 is 15.0 Å². The van der Waals surface area contributed by atoms with Crippen LogP contribution in [0.2, 0.25) is 0 Å². The van der Waals surface area contributed by atoms with Gasteiger partial charge in [0.25, 0.3) is 0 Å². The van der Waals surface area contributed by atoms with Crippen molar-refractivity contribution in [1.82, 2.24) is 10.2 Å². The number of nitrogens with zero attached hydrogens (tertiary/aromatic N) is 1. The Morgan fingerprint density at radius 2 is 1.88 bits per heavy atom. The standard InChI is InChI=1S/C14H26N2O/c1-16-8-3-12(4-9-16)15-13-5-10-17-14(11-13)6-2-7-14/h12-13,15H,2-11H2,1H3. The molecule has 1 atom stereocenters. The van der Waals surface area contributed by atoms with Gasteiger partial charge >= 0.3 is 0 Å². The van der Waals surface area contributed by atoms with Gasteiger partial charge in [-0.2, -0.15) is 0 Å². The molecule has 3 rings (SSSR count). The zero-order valence-corrected chi connectivity index (χ0v) is 11.1.